The summed E-state index contributed by atoms with van der Waals surface area (Å²) in [7, 11) is 7.37. The maximum atomic E-state index is 5.80. The summed E-state index contributed by atoms with van der Waals surface area (Å²) in [5, 5.41) is 4.38. The van der Waals surface area contributed by atoms with Crippen LogP contribution in [-0.2, 0) is 23.6 Å². The molecule has 4 aromatic carbocycles. The van der Waals surface area contributed by atoms with Gasteiger partial charge in [-0.2, -0.15) is 0 Å². The zero-order chi connectivity index (χ0) is 31.5. The summed E-state index contributed by atoms with van der Waals surface area (Å²) in [5.74, 6) is 1.84. The van der Waals surface area contributed by atoms with Crippen LogP contribution >= 0.6 is 17.5 Å². The molecule has 2 aliphatic rings. The zero-order valence-electron chi connectivity index (χ0n) is 27.2. The van der Waals surface area contributed by atoms with Crippen molar-refractivity contribution in [2.45, 2.75) is 102 Å². The molecule has 2 nitrogen and oxygen atoms in total. The van der Waals surface area contributed by atoms with Crippen LogP contribution in [0.1, 0.15) is 90.5 Å². The summed E-state index contributed by atoms with van der Waals surface area (Å²) in [5.41, 5.74) is 6.03. The summed E-state index contributed by atoms with van der Waals surface area (Å²) in [6.45, 7) is 6.78. The van der Waals surface area contributed by atoms with Gasteiger partial charge in [-0.05, 0) is 69.6 Å². The summed E-state index contributed by atoms with van der Waals surface area (Å²) < 4.78 is 11.6. The fraction of sp³-hybridized carbons (Fsp3) is 0.462. The quantitative estimate of drug-likeness (QED) is 0.112. The second-order valence-electron chi connectivity index (χ2n) is 13.3. The van der Waals surface area contributed by atoms with E-state index in [0.29, 0.717) is 0 Å². The first kappa shape index (κ1) is 35.1. The Morgan fingerprint density at radius 1 is 0.705 bits per heavy atom. The zero-order valence-corrected chi connectivity index (χ0v) is 30.6. The number of benzene rings is 3. The molecule has 0 radical (unpaired) electrons. The van der Waals surface area contributed by atoms with Gasteiger partial charge in [0.15, 0.2) is 0 Å². The molecule has 2 aliphatic carbocycles. The van der Waals surface area contributed by atoms with Crippen molar-refractivity contribution in [3.8, 4) is 22.6 Å². The van der Waals surface area contributed by atoms with Crippen molar-refractivity contribution >= 4 is 33.5 Å². The van der Waals surface area contributed by atoms with E-state index in [9.17, 15) is 0 Å². The Hall–Kier alpha value is -1.75. The van der Waals surface area contributed by atoms with Gasteiger partial charge in [-0.25, -0.2) is 0 Å². The van der Waals surface area contributed by atoms with Crippen molar-refractivity contribution in [2.75, 3.05) is 14.2 Å². The Balaban J connectivity index is 0.000000245. The first-order chi connectivity index (χ1) is 21.4. The van der Waals surface area contributed by atoms with Crippen LogP contribution in [0, 0.1) is 0 Å². The van der Waals surface area contributed by atoms with Crippen LogP contribution in [0.25, 0.3) is 21.9 Å². The molecule has 0 bridgehead atoms. The fourth-order valence-corrected chi connectivity index (χ4v) is 11.9. The number of halogens is 1. The van der Waals surface area contributed by atoms with Crippen LogP contribution in [0.2, 0.25) is 0 Å². The van der Waals surface area contributed by atoms with Crippen molar-refractivity contribution in [1.82, 2.24) is 0 Å². The van der Waals surface area contributed by atoms with Crippen molar-refractivity contribution in [2.24, 2.45) is 0 Å². The van der Waals surface area contributed by atoms with E-state index in [0.717, 1.165) is 28.4 Å². The molecule has 2 saturated carbocycles. The van der Waals surface area contributed by atoms with E-state index in [2.05, 4.69) is 121 Å². The van der Waals surface area contributed by atoms with Gasteiger partial charge in [0.25, 0.3) is 0 Å². The third-order valence-electron chi connectivity index (χ3n) is 9.51. The standard InChI is InChI=1S/C26H35O2P.C13H15.ClH.Pd/c1-27-23-17-11-18-24(28-2)26(23)22-16-9-10-19-25(22)29(20-12-5-3-6-13-20)21-14-7-4-8-15-21;1-13(2,3)12-9-8-10-6-4-5-7-11(10)12;;/h9-11,16-21H,3-8,12-15H2,1-2H3;4-9H,1-3H3;1H;/q;-1;;+2. The van der Waals surface area contributed by atoms with E-state index in [1.807, 2.05) is 6.07 Å². The van der Waals surface area contributed by atoms with E-state index in [1.165, 1.54) is 86.1 Å². The SMILES string of the molecule is CC(C)(C)c1c[cH-]c2ccccc12.COc1cccc(OC)c1-c1ccccc1[PH+](C1CCCCC1)C1CCCCC1.[Cl][Pd+]. The molecule has 0 amide bonds. The third kappa shape index (κ3) is 8.53. The number of hydrogen-bond acceptors (Lipinski definition) is 2. The topological polar surface area (TPSA) is 18.5 Å². The van der Waals surface area contributed by atoms with Crippen LogP contribution in [0.5, 0.6) is 11.5 Å². The van der Waals surface area contributed by atoms with E-state index < -0.39 is 7.92 Å². The monoisotopic (exact) mass is 723 g/mol. The summed E-state index contributed by atoms with van der Waals surface area (Å²) in [6, 6.07) is 28.4. The molecular formula is C39H51ClO2PPd+. The maximum absolute atomic E-state index is 5.80. The van der Waals surface area contributed by atoms with Crippen LogP contribution in [0.3, 0.4) is 0 Å². The molecule has 0 aromatic heterocycles. The molecule has 0 N–H and O–H groups in total. The van der Waals surface area contributed by atoms with Crippen LogP contribution < -0.4 is 14.8 Å². The number of rotatable bonds is 6. The summed E-state index contributed by atoms with van der Waals surface area (Å²) >= 11 is 2.22. The van der Waals surface area contributed by atoms with E-state index in [-0.39, 0.29) is 5.41 Å². The third-order valence-corrected chi connectivity index (χ3v) is 13.5. The minimum absolute atomic E-state index is 0.253. The molecule has 240 valence electrons. The first-order valence-electron chi connectivity index (χ1n) is 16.4. The second kappa shape index (κ2) is 17.2. The first-order valence-corrected chi connectivity index (χ1v) is 20.0. The Morgan fingerprint density at radius 2 is 1.23 bits per heavy atom. The van der Waals surface area contributed by atoms with Crippen molar-refractivity contribution in [3.63, 3.8) is 0 Å². The molecule has 0 heterocycles. The van der Waals surface area contributed by atoms with Gasteiger partial charge in [-0.3, -0.25) is 0 Å². The second-order valence-corrected chi connectivity index (χ2v) is 16.4. The van der Waals surface area contributed by atoms with E-state index in [1.54, 1.807) is 19.5 Å². The molecule has 0 atom stereocenters. The molecule has 0 unspecified atom stereocenters. The number of hydrogen-bond donors (Lipinski definition) is 0. The molecule has 44 heavy (non-hydrogen) atoms. The van der Waals surface area contributed by atoms with Crippen molar-refractivity contribution < 1.29 is 27.7 Å². The van der Waals surface area contributed by atoms with E-state index >= 15 is 0 Å². The van der Waals surface area contributed by atoms with Crippen LogP contribution in [0.4, 0.5) is 0 Å². The Bertz CT molecular complexity index is 1390. The number of ether oxygens (including phenoxy) is 2. The molecule has 2 fully saturated rings. The van der Waals surface area contributed by atoms with Gasteiger partial charge in [0.05, 0.1) is 31.1 Å². The summed E-state index contributed by atoms with van der Waals surface area (Å²) in [6.07, 6.45) is 14.3. The normalized spacial score (nSPS) is 16.1. The Kier molecular flexibility index (Phi) is 13.8. The van der Waals surface area contributed by atoms with Gasteiger partial charge in [0, 0.05) is 13.5 Å². The van der Waals surface area contributed by atoms with Gasteiger partial charge in [-0.1, -0.05) is 69.4 Å². The molecule has 6 rings (SSSR count). The van der Waals surface area contributed by atoms with Gasteiger partial charge in [0.1, 0.15) is 16.8 Å². The van der Waals surface area contributed by atoms with Crippen molar-refractivity contribution in [3.05, 3.63) is 84.4 Å². The fourth-order valence-electron chi connectivity index (χ4n) is 7.47. The predicted molar refractivity (Wildman–Crippen MR) is 191 cm³/mol. The Labute approximate surface area is 282 Å². The average molecular weight is 725 g/mol. The predicted octanol–water partition coefficient (Wildman–Crippen LogP) is 11.4. The number of methoxy groups -OCH3 is 2. The number of fused-ring (bicyclic) bond motifs is 1. The molecular weight excluding hydrogens is 673 g/mol. The van der Waals surface area contributed by atoms with E-state index in [4.69, 9.17) is 9.47 Å². The van der Waals surface area contributed by atoms with Gasteiger partial charge >= 0.3 is 27.7 Å². The summed E-state index contributed by atoms with van der Waals surface area (Å²) in [4.78, 5) is 0. The molecule has 0 saturated heterocycles. The average Bonchev–Trinajstić information content (AvgIpc) is 3.52. The minimum atomic E-state index is -0.660. The Morgan fingerprint density at radius 3 is 1.77 bits per heavy atom. The van der Waals surface area contributed by atoms with Gasteiger partial charge < -0.3 is 9.47 Å². The molecule has 0 spiro atoms. The molecule has 4 aromatic rings. The van der Waals surface area contributed by atoms with Crippen LogP contribution in [0.15, 0.2) is 78.9 Å². The van der Waals surface area contributed by atoms with Crippen molar-refractivity contribution in [1.29, 1.82) is 0 Å². The van der Waals surface area contributed by atoms with Gasteiger partial charge in [0.2, 0.25) is 0 Å². The van der Waals surface area contributed by atoms with Gasteiger partial charge in [-0.15, -0.1) is 46.7 Å². The molecule has 0 aliphatic heterocycles. The van der Waals surface area contributed by atoms with Crippen LogP contribution in [-0.4, -0.2) is 25.5 Å². The molecule has 5 heteroatoms.